The molecule has 2 aliphatic carbocycles. The highest BCUT2D eigenvalue weighted by molar-refractivity contribution is 5.01. The van der Waals surface area contributed by atoms with Crippen LogP contribution in [-0.4, -0.2) is 0 Å². The van der Waals surface area contributed by atoms with Crippen molar-refractivity contribution < 1.29 is 0 Å². The molecule has 2 fully saturated rings. The Morgan fingerprint density at radius 3 is 2.45 bits per heavy atom. The summed E-state index contributed by atoms with van der Waals surface area (Å²) in [6.45, 7) is 7.41. The minimum Gasteiger partial charge on any atom is -0.0622 e. The number of hydrogen-bond donors (Lipinski definition) is 0. The van der Waals surface area contributed by atoms with E-state index in [0.29, 0.717) is 0 Å². The van der Waals surface area contributed by atoms with Crippen LogP contribution in [-0.2, 0) is 0 Å². The molecule has 64 valence electrons. The summed E-state index contributed by atoms with van der Waals surface area (Å²) in [6, 6.07) is 0. The van der Waals surface area contributed by atoms with Gasteiger partial charge in [-0.1, -0.05) is 33.6 Å². The van der Waals surface area contributed by atoms with E-state index in [-0.39, 0.29) is 0 Å². The Bertz CT molecular complexity index is 161. The van der Waals surface area contributed by atoms with Gasteiger partial charge in [-0.25, -0.2) is 0 Å². The predicted octanol–water partition coefficient (Wildman–Crippen LogP) is 3.47. The van der Waals surface area contributed by atoms with Crippen LogP contribution in [0, 0.1) is 23.2 Å². The van der Waals surface area contributed by atoms with Gasteiger partial charge in [0.25, 0.3) is 0 Å². The van der Waals surface area contributed by atoms with Crippen molar-refractivity contribution in [2.45, 2.75) is 46.5 Å². The normalized spacial score (nSPS) is 56.5. The van der Waals surface area contributed by atoms with Crippen LogP contribution in [0.2, 0.25) is 0 Å². The lowest BCUT2D eigenvalue weighted by Crippen LogP contribution is -2.50. The van der Waals surface area contributed by atoms with Gasteiger partial charge in [0.2, 0.25) is 0 Å². The quantitative estimate of drug-likeness (QED) is 0.498. The molecule has 0 amide bonds. The minimum absolute atomic E-state index is 0.748. The van der Waals surface area contributed by atoms with Crippen LogP contribution in [0.1, 0.15) is 46.5 Å². The molecule has 0 saturated heterocycles. The van der Waals surface area contributed by atoms with Gasteiger partial charge in [-0.15, -0.1) is 0 Å². The van der Waals surface area contributed by atoms with E-state index >= 15 is 0 Å². The standard InChI is InChI=1S/C11H20/c1-8-7-11(3)9(2)5-4-6-10(8)11/h8-10H,4-7H2,1-3H3. The Labute approximate surface area is 70.4 Å². The Kier molecular flexibility index (Phi) is 1.56. The maximum atomic E-state index is 2.52. The SMILES string of the molecule is CC1CC2(C)C(C)CCCC12. The van der Waals surface area contributed by atoms with E-state index < -0.39 is 0 Å². The predicted molar refractivity (Wildman–Crippen MR) is 48.4 cm³/mol. The van der Waals surface area contributed by atoms with Crippen LogP contribution in [0.4, 0.5) is 0 Å². The smallest absolute Gasteiger partial charge is 0.0267 e. The Morgan fingerprint density at radius 2 is 1.91 bits per heavy atom. The van der Waals surface area contributed by atoms with Crippen LogP contribution in [0.15, 0.2) is 0 Å². The van der Waals surface area contributed by atoms with Gasteiger partial charge in [-0.2, -0.15) is 0 Å². The Morgan fingerprint density at radius 1 is 1.18 bits per heavy atom. The molecule has 0 nitrogen and oxygen atoms in total. The van der Waals surface area contributed by atoms with Crippen molar-refractivity contribution >= 4 is 0 Å². The molecule has 4 atom stereocenters. The zero-order valence-electron chi connectivity index (χ0n) is 8.06. The molecule has 0 spiro atoms. The first kappa shape index (κ1) is 7.64. The highest BCUT2D eigenvalue weighted by Gasteiger charge is 2.52. The Balaban J connectivity index is 2.13. The van der Waals surface area contributed by atoms with Gasteiger partial charge in [0.05, 0.1) is 0 Å². The van der Waals surface area contributed by atoms with Gasteiger partial charge in [0, 0.05) is 0 Å². The highest BCUT2D eigenvalue weighted by atomic mass is 14.6. The Hall–Kier alpha value is 0. The molecule has 0 aromatic carbocycles. The largest absolute Gasteiger partial charge is 0.0622 e. The van der Waals surface area contributed by atoms with Crippen LogP contribution in [0.3, 0.4) is 0 Å². The molecule has 0 heterocycles. The number of rotatable bonds is 0. The lowest BCUT2D eigenvalue weighted by atomic mass is 9.46. The first-order chi connectivity index (χ1) is 5.14. The van der Waals surface area contributed by atoms with Crippen molar-refractivity contribution in [1.29, 1.82) is 0 Å². The molecule has 0 radical (unpaired) electrons. The van der Waals surface area contributed by atoms with E-state index in [0.717, 1.165) is 23.2 Å². The van der Waals surface area contributed by atoms with Gasteiger partial charge in [0.1, 0.15) is 0 Å². The van der Waals surface area contributed by atoms with E-state index in [1.165, 1.54) is 25.7 Å². The van der Waals surface area contributed by atoms with Crippen molar-refractivity contribution in [2.24, 2.45) is 23.2 Å². The molecule has 2 aliphatic rings. The second kappa shape index (κ2) is 2.24. The summed E-state index contributed by atoms with van der Waals surface area (Å²) in [5.74, 6) is 3.10. The van der Waals surface area contributed by atoms with Crippen LogP contribution < -0.4 is 0 Å². The molecule has 0 heteroatoms. The van der Waals surface area contributed by atoms with Crippen LogP contribution >= 0.6 is 0 Å². The lowest BCUT2D eigenvalue weighted by molar-refractivity contribution is -0.0936. The van der Waals surface area contributed by atoms with E-state index in [1.54, 1.807) is 0 Å². The van der Waals surface area contributed by atoms with Gasteiger partial charge in [0.15, 0.2) is 0 Å². The summed E-state index contributed by atoms with van der Waals surface area (Å²) >= 11 is 0. The summed E-state index contributed by atoms with van der Waals surface area (Å²) in [6.07, 6.45) is 5.99. The van der Waals surface area contributed by atoms with Gasteiger partial charge < -0.3 is 0 Å². The summed E-state index contributed by atoms with van der Waals surface area (Å²) in [4.78, 5) is 0. The fourth-order valence-electron chi connectivity index (χ4n) is 3.63. The molecule has 0 aromatic heterocycles. The summed E-state index contributed by atoms with van der Waals surface area (Å²) in [5, 5.41) is 0. The fraction of sp³-hybridized carbons (Fsp3) is 1.00. The van der Waals surface area contributed by atoms with E-state index in [9.17, 15) is 0 Å². The van der Waals surface area contributed by atoms with E-state index in [2.05, 4.69) is 20.8 Å². The summed E-state index contributed by atoms with van der Waals surface area (Å²) in [7, 11) is 0. The summed E-state index contributed by atoms with van der Waals surface area (Å²) < 4.78 is 0. The van der Waals surface area contributed by atoms with Gasteiger partial charge in [-0.3, -0.25) is 0 Å². The van der Waals surface area contributed by atoms with E-state index in [1.807, 2.05) is 0 Å². The third-order valence-corrected chi connectivity index (χ3v) is 4.57. The van der Waals surface area contributed by atoms with E-state index in [4.69, 9.17) is 0 Å². The molecule has 0 aromatic rings. The van der Waals surface area contributed by atoms with Gasteiger partial charge >= 0.3 is 0 Å². The van der Waals surface area contributed by atoms with Crippen LogP contribution in [0.25, 0.3) is 0 Å². The minimum atomic E-state index is 0.748. The molecular weight excluding hydrogens is 132 g/mol. The molecule has 11 heavy (non-hydrogen) atoms. The maximum absolute atomic E-state index is 2.52. The van der Waals surface area contributed by atoms with Crippen molar-refractivity contribution in [2.75, 3.05) is 0 Å². The third kappa shape index (κ3) is 0.878. The average molecular weight is 152 g/mol. The second-order valence-corrected chi connectivity index (χ2v) is 5.13. The first-order valence-corrected chi connectivity index (χ1v) is 5.14. The first-order valence-electron chi connectivity index (χ1n) is 5.14. The fourth-order valence-corrected chi connectivity index (χ4v) is 3.63. The van der Waals surface area contributed by atoms with Crippen molar-refractivity contribution in [3.8, 4) is 0 Å². The molecule has 4 unspecified atom stereocenters. The molecule has 2 rings (SSSR count). The zero-order chi connectivity index (χ0) is 8.06. The van der Waals surface area contributed by atoms with Gasteiger partial charge in [-0.05, 0) is 36.0 Å². The van der Waals surface area contributed by atoms with Crippen molar-refractivity contribution in [3.63, 3.8) is 0 Å². The van der Waals surface area contributed by atoms with Crippen LogP contribution in [0.5, 0.6) is 0 Å². The number of fused-ring (bicyclic) bond motifs is 1. The third-order valence-electron chi connectivity index (χ3n) is 4.57. The van der Waals surface area contributed by atoms with Crippen molar-refractivity contribution in [1.82, 2.24) is 0 Å². The summed E-state index contributed by atoms with van der Waals surface area (Å²) in [5.41, 5.74) is 0.748. The second-order valence-electron chi connectivity index (χ2n) is 5.13. The molecular formula is C11H20. The topological polar surface area (TPSA) is 0 Å². The highest BCUT2D eigenvalue weighted by Crippen LogP contribution is 2.60. The average Bonchev–Trinajstić information content (AvgIpc) is 1.95. The zero-order valence-corrected chi connectivity index (χ0v) is 8.06. The molecule has 0 bridgehead atoms. The molecule has 2 saturated carbocycles. The van der Waals surface area contributed by atoms with Crippen molar-refractivity contribution in [3.05, 3.63) is 0 Å². The number of hydrogen-bond acceptors (Lipinski definition) is 0. The maximum Gasteiger partial charge on any atom is -0.0267 e. The molecule has 0 N–H and O–H groups in total. The lowest BCUT2D eigenvalue weighted by Gasteiger charge is -2.59. The molecule has 0 aliphatic heterocycles. The monoisotopic (exact) mass is 152 g/mol.